The van der Waals surface area contributed by atoms with Gasteiger partial charge in [-0.05, 0) is 127 Å². The summed E-state index contributed by atoms with van der Waals surface area (Å²) in [6.07, 6.45) is 41.9. The van der Waals surface area contributed by atoms with Crippen LogP contribution in [0.3, 0.4) is 0 Å². The summed E-state index contributed by atoms with van der Waals surface area (Å²) in [6.45, 7) is 0. The molecule has 0 spiro atoms. The highest BCUT2D eigenvalue weighted by Crippen LogP contribution is 2.68. The molecule has 11 unspecified atom stereocenters. The van der Waals surface area contributed by atoms with Crippen molar-refractivity contribution in [1.29, 1.82) is 10.5 Å². The van der Waals surface area contributed by atoms with Crippen molar-refractivity contribution in [2.75, 3.05) is 0 Å². The third-order valence-electron chi connectivity index (χ3n) is 13.1. The Bertz CT molecular complexity index is 1680. The molecule has 0 saturated heterocycles. The second-order valence-electron chi connectivity index (χ2n) is 14.9. The maximum Gasteiger partial charge on any atom is 0.0807 e. The summed E-state index contributed by atoms with van der Waals surface area (Å²) in [7, 11) is 0. The Kier molecular flexibility index (Phi) is 6.38. The van der Waals surface area contributed by atoms with E-state index in [0.717, 1.165) is 31.6 Å². The van der Waals surface area contributed by atoms with E-state index in [4.69, 9.17) is 0 Å². The zero-order chi connectivity index (χ0) is 29.4. The number of fused-ring (bicyclic) bond motifs is 7. The Hall–Kier alpha value is -3.62. The molecule has 0 aromatic rings. The summed E-state index contributed by atoms with van der Waals surface area (Å²) in [5.74, 6) is 4.11. The first kappa shape index (κ1) is 26.8. The van der Waals surface area contributed by atoms with Gasteiger partial charge in [-0.2, -0.15) is 10.5 Å². The average Bonchev–Trinajstić information content (AvgIpc) is 3.41. The lowest BCUT2D eigenvalue weighted by Gasteiger charge is -2.50. The summed E-state index contributed by atoms with van der Waals surface area (Å²) in [5.41, 5.74) is 11.1. The lowest BCUT2D eigenvalue weighted by Crippen LogP contribution is -2.42. The Balaban J connectivity index is 1.30. The van der Waals surface area contributed by atoms with Gasteiger partial charge in [0.1, 0.15) is 0 Å². The molecule has 0 heterocycles. The van der Waals surface area contributed by atoms with Gasteiger partial charge < -0.3 is 0 Å². The molecule has 2 heteroatoms. The molecule has 0 amide bonds. The Morgan fingerprint density at radius 1 is 0.773 bits per heavy atom. The van der Waals surface area contributed by atoms with E-state index in [2.05, 4.69) is 91.1 Å². The van der Waals surface area contributed by atoms with Gasteiger partial charge in [0.2, 0.25) is 0 Å². The minimum absolute atomic E-state index is 0.236. The van der Waals surface area contributed by atoms with E-state index in [1.807, 2.05) is 0 Å². The van der Waals surface area contributed by atoms with Crippen LogP contribution in [0.25, 0.3) is 0 Å². The van der Waals surface area contributed by atoms with E-state index >= 15 is 0 Å². The SMILES string of the molecule is N#CC1C=C2C(C3C=CC=CC3)=C3C4=CC=CC5=C6C(CCC7CCC=CC67)CC(C45)C3C(C3=CCCC=C3)C2CC1C#N. The molecule has 9 aliphatic rings. The second-order valence-corrected chi connectivity index (χ2v) is 14.9. The third-order valence-corrected chi connectivity index (χ3v) is 13.1. The fourth-order valence-electron chi connectivity index (χ4n) is 11.5. The predicted octanol–water partition coefficient (Wildman–Crippen LogP) is 9.60. The van der Waals surface area contributed by atoms with Crippen LogP contribution in [0.2, 0.25) is 0 Å². The van der Waals surface area contributed by atoms with Crippen molar-refractivity contribution in [2.45, 2.75) is 57.8 Å². The Labute approximate surface area is 263 Å². The van der Waals surface area contributed by atoms with Crippen molar-refractivity contribution in [3.05, 3.63) is 118 Å². The normalized spacial score (nSPS) is 42.6. The molecule has 0 aromatic heterocycles. The molecule has 0 bridgehead atoms. The second kappa shape index (κ2) is 10.5. The molecular formula is C42H42N2. The number of allylic oxidation sites excluding steroid dienone is 20. The van der Waals surface area contributed by atoms with Crippen LogP contribution in [0, 0.1) is 87.8 Å². The first-order chi connectivity index (χ1) is 21.8. The van der Waals surface area contributed by atoms with Gasteiger partial charge in [0.15, 0.2) is 0 Å². The number of rotatable bonds is 2. The lowest BCUT2D eigenvalue weighted by molar-refractivity contribution is 0.154. The summed E-state index contributed by atoms with van der Waals surface area (Å²) in [5, 5.41) is 20.6. The fraction of sp³-hybridized carbons (Fsp3) is 0.476. The highest BCUT2D eigenvalue weighted by atomic mass is 14.6. The van der Waals surface area contributed by atoms with Crippen molar-refractivity contribution in [3.8, 4) is 12.1 Å². The van der Waals surface area contributed by atoms with Crippen LogP contribution in [0.5, 0.6) is 0 Å². The van der Waals surface area contributed by atoms with Crippen molar-refractivity contribution in [1.82, 2.24) is 0 Å². The highest BCUT2D eigenvalue weighted by molar-refractivity contribution is 5.65. The molecule has 0 aromatic carbocycles. The van der Waals surface area contributed by atoms with Crippen LogP contribution in [-0.4, -0.2) is 0 Å². The van der Waals surface area contributed by atoms with Gasteiger partial charge in [-0.25, -0.2) is 0 Å². The first-order valence-corrected chi connectivity index (χ1v) is 17.5. The van der Waals surface area contributed by atoms with Crippen molar-refractivity contribution in [3.63, 3.8) is 0 Å². The standard InChI is InChI=1S/C42H42N2/c43-23-29-21-34-35(22-30(29)24-44)39(27-13-5-2-6-14-27)42-36-20-28-19-18-25-10-7-8-15-31(25)37(28)32-16-9-17-33(40(32)36)41(42)38(34)26-11-3-1-4-12-26/h1,3-5,8-9,11,13-17,21,25-26,28-31,35-36,39-40,42H,2,6-7,10,12,18-20,22H2. The van der Waals surface area contributed by atoms with Crippen molar-refractivity contribution in [2.24, 2.45) is 65.1 Å². The van der Waals surface area contributed by atoms with Crippen LogP contribution in [0.15, 0.2) is 118 Å². The molecular weight excluding hydrogens is 532 g/mol. The Morgan fingerprint density at radius 3 is 2.55 bits per heavy atom. The molecule has 0 radical (unpaired) electrons. The van der Waals surface area contributed by atoms with E-state index in [9.17, 15) is 10.5 Å². The van der Waals surface area contributed by atoms with Gasteiger partial charge in [-0.3, -0.25) is 0 Å². The summed E-state index contributed by atoms with van der Waals surface area (Å²) in [4.78, 5) is 0. The molecule has 0 N–H and O–H groups in total. The van der Waals surface area contributed by atoms with Gasteiger partial charge in [0.25, 0.3) is 0 Å². The van der Waals surface area contributed by atoms with E-state index in [-0.39, 0.29) is 11.8 Å². The van der Waals surface area contributed by atoms with Gasteiger partial charge in [-0.15, -0.1) is 0 Å². The molecule has 44 heavy (non-hydrogen) atoms. The maximum atomic E-state index is 10.3. The number of nitrogens with zero attached hydrogens (tertiary/aromatic N) is 2. The molecule has 9 aliphatic carbocycles. The molecule has 220 valence electrons. The quantitative estimate of drug-likeness (QED) is 0.308. The van der Waals surface area contributed by atoms with E-state index in [0.29, 0.717) is 47.3 Å². The number of nitriles is 2. The number of hydrogen-bond donors (Lipinski definition) is 0. The largest absolute Gasteiger partial charge is 0.198 e. The minimum Gasteiger partial charge on any atom is -0.198 e. The third kappa shape index (κ3) is 3.83. The van der Waals surface area contributed by atoms with Gasteiger partial charge >= 0.3 is 0 Å². The van der Waals surface area contributed by atoms with Gasteiger partial charge in [0.05, 0.1) is 24.0 Å². The molecule has 0 aliphatic heterocycles. The summed E-state index contributed by atoms with van der Waals surface area (Å²) >= 11 is 0. The molecule has 9 rings (SSSR count). The molecule has 2 fully saturated rings. The maximum absolute atomic E-state index is 10.3. The number of hydrogen-bond acceptors (Lipinski definition) is 2. The van der Waals surface area contributed by atoms with Crippen LogP contribution in [0.1, 0.15) is 57.8 Å². The van der Waals surface area contributed by atoms with Crippen LogP contribution in [0.4, 0.5) is 0 Å². The van der Waals surface area contributed by atoms with Crippen LogP contribution >= 0.6 is 0 Å². The zero-order valence-electron chi connectivity index (χ0n) is 25.6. The smallest absolute Gasteiger partial charge is 0.0807 e. The summed E-state index contributed by atoms with van der Waals surface area (Å²) in [6, 6.07) is 5.14. The molecule has 11 atom stereocenters. The van der Waals surface area contributed by atoms with Crippen molar-refractivity contribution >= 4 is 0 Å². The molecule has 2 nitrogen and oxygen atoms in total. The van der Waals surface area contributed by atoms with Crippen LogP contribution < -0.4 is 0 Å². The lowest BCUT2D eigenvalue weighted by atomic mass is 9.53. The van der Waals surface area contributed by atoms with Gasteiger partial charge in [-0.1, -0.05) is 84.6 Å². The van der Waals surface area contributed by atoms with E-state index < -0.39 is 0 Å². The van der Waals surface area contributed by atoms with Crippen LogP contribution in [-0.2, 0) is 0 Å². The van der Waals surface area contributed by atoms with E-state index in [1.165, 1.54) is 48.8 Å². The minimum atomic E-state index is -0.336. The predicted molar refractivity (Wildman–Crippen MR) is 175 cm³/mol. The zero-order valence-corrected chi connectivity index (χ0v) is 25.6. The monoisotopic (exact) mass is 574 g/mol. The Morgan fingerprint density at radius 2 is 1.73 bits per heavy atom. The highest BCUT2D eigenvalue weighted by Gasteiger charge is 2.59. The molecule has 2 saturated carbocycles. The van der Waals surface area contributed by atoms with Crippen molar-refractivity contribution < 1.29 is 0 Å². The van der Waals surface area contributed by atoms with Gasteiger partial charge in [0, 0.05) is 17.8 Å². The van der Waals surface area contributed by atoms with E-state index in [1.54, 1.807) is 22.3 Å². The summed E-state index contributed by atoms with van der Waals surface area (Å²) < 4.78 is 0. The fourth-order valence-corrected chi connectivity index (χ4v) is 11.5. The topological polar surface area (TPSA) is 47.6 Å². The average molecular weight is 575 g/mol. The first-order valence-electron chi connectivity index (χ1n) is 17.5.